The van der Waals surface area contributed by atoms with E-state index in [0.29, 0.717) is 18.0 Å². The van der Waals surface area contributed by atoms with Gasteiger partial charge in [0, 0.05) is 17.1 Å². The highest BCUT2D eigenvalue weighted by molar-refractivity contribution is 7.09. The van der Waals surface area contributed by atoms with E-state index in [1.54, 1.807) is 23.5 Å². The van der Waals surface area contributed by atoms with Gasteiger partial charge in [0.1, 0.15) is 5.75 Å². The van der Waals surface area contributed by atoms with Crippen LogP contribution in [0, 0.1) is 6.92 Å². The molecule has 0 aliphatic carbocycles. The van der Waals surface area contributed by atoms with E-state index in [4.69, 9.17) is 10.5 Å². The van der Waals surface area contributed by atoms with Crippen LogP contribution in [0.25, 0.3) is 0 Å². The van der Waals surface area contributed by atoms with Crippen LogP contribution in [0.2, 0.25) is 0 Å². The molecule has 2 aromatic rings. The zero-order chi connectivity index (χ0) is 14.4. The van der Waals surface area contributed by atoms with Crippen molar-refractivity contribution < 1.29 is 9.53 Å². The molecule has 0 saturated heterocycles. The van der Waals surface area contributed by atoms with E-state index in [-0.39, 0.29) is 12.5 Å². The standard InChI is InChI=1S/C15H18N2O2S/c1-11-9-12(16)4-5-14(11)19-10-15(18)17-7-6-13-3-2-8-20-13/h2-5,8-9H,6-7,10,16H2,1H3,(H,17,18). The largest absolute Gasteiger partial charge is 0.484 e. The van der Waals surface area contributed by atoms with Crippen molar-refractivity contribution in [2.75, 3.05) is 18.9 Å². The molecule has 5 heteroatoms. The minimum absolute atomic E-state index is 0.0230. The van der Waals surface area contributed by atoms with Crippen LogP contribution in [-0.4, -0.2) is 19.1 Å². The Bertz CT molecular complexity index is 567. The van der Waals surface area contributed by atoms with Crippen LogP contribution in [0.15, 0.2) is 35.7 Å². The fourth-order valence-electron chi connectivity index (χ4n) is 1.81. The quantitative estimate of drug-likeness (QED) is 0.803. The number of hydrogen-bond acceptors (Lipinski definition) is 4. The van der Waals surface area contributed by atoms with Gasteiger partial charge in [-0.3, -0.25) is 4.79 Å². The molecule has 1 aromatic heterocycles. The Balaban J connectivity index is 1.72. The van der Waals surface area contributed by atoms with Crippen molar-refractivity contribution in [3.63, 3.8) is 0 Å². The maximum atomic E-state index is 11.7. The summed E-state index contributed by atoms with van der Waals surface area (Å²) in [4.78, 5) is 12.9. The molecule has 0 bridgehead atoms. The molecule has 0 radical (unpaired) electrons. The van der Waals surface area contributed by atoms with Crippen LogP contribution in [0.1, 0.15) is 10.4 Å². The van der Waals surface area contributed by atoms with E-state index < -0.39 is 0 Å². The maximum absolute atomic E-state index is 11.7. The molecule has 106 valence electrons. The molecule has 2 rings (SSSR count). The Hall–Kier alpha value is -2.01. The molecule has 1 amide bonds. The molecule has 3 N–H and O–H groups in total. The number of rotatable bonds is 6. The lowest BCUT2D eigenvalue weighted by molar-refractivity contribution is -0.123. The molecule has 0 atom stereocenters. The normalized spacial score (nSPS) is 10.2. The lowest BCUT2D eigenvalue weighted by Crippen LogP contribution is -2.30. The van der Waals surface area contributed by atoms with Crippen molar-refractivity contribution in [1.82, 2.24) is 5.32 Å². The first-order valence-corrected chi connectivity index (χ1v) is 7.31. The number of ether oxygens (including phenoxy) is 1. The number of benzene rings is 1. The summed E-state index contributed by atoms with van der Waals surface area (Å²) in [7, 11) is 0. The Morgan fingerprint density at radius 3 is 2.95 bits per heavy atom. The molecular formula is C15H18N2O2S. The van der Waals surface area contributed by atoms with E-state index in [0.717, 1.165) is 12.0 Å². The van der Waals surface area contributed by atoms with Gasteiger partial charge in [0.2, 0.25) is 0 Å². The van der Waals surface area contributed by atoms with Gasteiger partial charge in [0.25, 0.3) is 5.91 Å². The second-order valence-corrected chi connectivity index (χ2v) is 5.53. The molecular weight excluding hydrogens is 272 g/mol. The van der Waals surface area contributed by atoms with Gasteiger partial charge < -0.3 is 15.8 Å². The van der Waals surface area contributed by atoms with Gasteiger partial charge in [0.05, 0.1) is 0 Å². The van der Waals surface area contributed by atoms with Gasteiger partial charge in [-0.05, 0) is 48.6 Å². The van der Waals surface area contributed by atoms with Crippen LogP contribution in [0.3, 0.4) is 0 Å². The number of carbonyl (C=O) groups is 1. The lowest BCUT2D eigenvalue weighted by atomic mass is 10.2. The van der Waals surface area contributed by atoms with E-state index >= 15 is 0 Å². The van der Waals surface area contributed by atoms with Crippen molar-refractivity contribution >= 4 is 22.9 Å². The number of nitrogens with two attached hydrogens (primary N) is 1. The third kappa shape index (κ3) is 4.28. The molecule has 0 aliphatic heterocycles. The van der Waals surface area contributed by atoms with E-state index in [1.165, 1.54) is 4.88 Å². The van der Waals surface area contributed by atoms with Crippen molar-refractivity contribution in [3.8, 4) is 5.75 Å². The highest BCUT2D eigenvalue weighted by atomic mass is 32.1. The number of amides is 1. The Kier molecular flexibility index (Phi) is 5.01. The average Bonchev–Trinajstić information content (AvgIpc) is 2.91. The predicted octanol–water partition coefficient (Wildman–Crippen LogP) is 2.38. The number of anilines is 1. The zero-order valence-electron chi connectivity index (χ0n) is 11.4. The van der Waals surface area contributed by atoms with Crippen LogP contribution < -0.4 is 15.8 Å². The highest BCUT2D eigenvalue weighted by Gasteiger charge is 2.05. The Labute approximate surface area is 122 Å². The lowest BCUT2D eigenvalue weighted by Gasteiger charge is -2.09. The first-order chi connectivity index (χ1) is 9.65. The van der Waals surface area contributed by atoms with Gasteiger partial charge >= 0.3 is 0 Å². The van der Waals surface area contributed by atoms with Gasteiger partial charge in [-0.25, -0.2) is 0 Å². The summed E-state index contributed by atoms with van der Waals surface area (Å²) in [6.07, 6.45) is 0.851. The van der Waals surface area contributed by atoms with Crippen molar-refractivity contribution in [1.29, 1.82) is 0 Å². The van der Waals surface area contributed by atoms with Gasteiger partial charge in [-0.2, -0.15) is 0 Å². The fraction of sp³-hybridized carbons (Fsp3) is 0.267. The third-order valence-corrected chi connectivity index (χ3v) is 3.77. The average molecular weight is 290 g/mol. The smallest absolute Gasteiger partial charge is 0.257 e. The van der Waals surface area contributed by atoms with Crippen LogP contribution in [-0.2, 0) is 11.2 Å². The third-order valence-electron chi connectivity index (χ3n) is 2.83. The molecule has 0 saturated carbocycles. The van der Waals surface area contributed by atoms with Crippen LogP contribution >= 0.6 is 11.3 Å². The molecule has 1 heterocycles. The molecule has 0 fully saturated rings. The minimum atomic E-state index is -0.113. The maximum Gasteiger partial charge on any atom is 0.257 e. The van der Waals surface area contributed by atoms with E-state index in [9.17, 15) is 4.79 Å². The van der Waals surface area contributed by atoms with Gasteiger partial charge in [-0.15, -0.1) is 11.3 Å². The SMILES string of the molecule is Cc1cc(N)ccc1OCC(=O)NCCc1cccs1. The summed E-state index contributed by atoms with van der Waals surface area (Å²) in [6.45, 7) is 2.55. The number of hydrogen-bond donors (Lipinski definition) is 2. The highest BCUT2D eigenvalue weighted by Crippen LogP contribution is 2.19. The summed E-state index contributed by atoms with van der Waals surface area (Å²) < 4.78 is 5.48. The molecule has 1 aromatic carbocycles. The van der Waals surface area contributed by atoms with Crippen LogP contribution in [0.4, 0.5) is 5.69 Å². The minimum Gasteiger partial charge on any atom is -0.484 e. The summed E-state index contributed by atoms with van der Waals surface area (Å²) in [6, 6.07) is 9.44. The van der Waals surface area contributed by atoms with Crippen molar-refractivity contribution in [3.05, 3.63) is 46.2 Å². The molecule has 0 spiro atoms. The van der Waals surface area contributed by atoms with E-state index in [1.807, 2.05) is 24.4 Å². The van der Waals surface area contributed by atoms with Crippen LogP contribution in [0.5, 0.6) is 5.75 Å². The number of thiophene rings is 1. The predicted molar refractivity (Wildman–Crippen MR) is 82.1 cm³/mol. The monoisotopic (exact) mass is 290 g/mol. The zero-order valence-corrected chi connectivity index (χ0v) is 12.2. The first-order valence-electron chi connectivity index (χ1n) is 6.43. The number of carbonyl (C=O) groups excluding carboxylic acids is 1. The number of nitrogens with one attached hydrogen (secondary N) is 1. The number of nitrogen functional groups attached to an aromatic ring is 1. The molecule has 0 unspecified atom stereocenters. The fourth-order valence-corrected chi connectivity index (χ4v) is 2.52. The molecule has 0 aliphatic rings. The Morgan fingerprint density at radius 1 is 1.40 bits per heavy atom. The second-order valence-electron chi connectivity index (χ2n) is 4.49. The molecule has 4 nitrogen and oxygen atoms in total. The summed E-state index contributed by atoms with van der Waals surface area (Å²) in [5.74, 6) is 0.574. The first kappa shape index (κ1) is 14.4. The number of aryl methyl sites for hydroxylation is 1. The van der Waals surface area contributed by atoms with Gasteiger partial charge in [0.15, 0.2) is 6.61 Å². The van der Waals surface area contributed by atoms with Gasteiger partial charge in [-0.1, -0.05) is 6.07 Å². The second kappa shape index (κ2) is 6.96. The molecule has 20 heavy (non-hydrogen) atoms. The Morgan fingerprint density at radius 2 is 2.25 bits per heavy atom. The summed E-state index contributed by atoms with van der Waals surface area (Å²) >= 11 is 1.69. The van der Waals surface area contributed by atoms with Crippen molar-refractivity contribution in [2.24, 2.45) is 0 Å². The topological polar surface area (TPSA) is 64.3 Å². The summed E-state index contributed by atoms with van der Waals surface area (Å²) in [5, 5.41) is 4.87. The van der Waals surface area contributed by atoms with Crippen molar-refractivity contribution in [2.45, 2.75) is 13.3 Å². The summed E-state index contributed by atoms with van der Waals surface area (Å²) in [5.41, 5.74) is 7.28. The van der Waals surface area contributed by atoms with E-state index in [2.05, 4.69) is 11.4 Å².